The van der Waals surface area contributed by atoms with Crippen LogP contribution in [0.5, 0.6) is 5.75 Å². The van der Waals surface area contributed by atoms with Gasteiger partial charge in [-0.25, -0.2) is 14.5 Å². The van der Waals surface area contributed by atoms with Crippen molar-refractivity contribution in [2.24, 2.45) is 0 Å². The molecule has 0 saturated heterocycles. The number of rotatable bonds is 7. The van der Waals surface area contributed by atoms with Crippen molar-refractivity contribution in [1.82, 2.24) is 20.1 Å². The normalized spacial score (nSPS) is 10.9. The lowest BCUT2D eigenvalue weighted by Gasteiger charge is -2.11. The molecule has 0 aliphatic carbocycles. The number of amides is 1. The Morgan fingerprint density at radius 3 is 2.87 bits per heavy atom. The molecule has 4 aromatic rings. The molecule has 0 aliphatic rings. The zero-order chi connectivity index (χ0) is 21.8. The standard InChI is InChI=1S/C23H22N4O4/c1-15-18-7-6-17(30-2)13-20(18)31-23(29)19(15)8-9-21(28)25-14-16-5-3-10-24-22(16)27-12-4-11-26-27/h3-7,10-13H,8-9,14H2,1-2H3,(H,25,28). The van der Waals surface area contributed by atoms with Crippen molar-refractivity contribution in [3.05, 3.63) is 82.1 Å². The van der Waals surface area contributed by atoms with Crippen molar-refractivity contribution in [1.29, 1.82) is 0 Å². The summed E-state index contributed by atoms with van der Waals surface area (Å²) in [5, 5.41) is 7.92. The Hall–Kier alpha value is -3.94. The molecule has 8 nitrogen and oxygen atoms in total. The number of fused-ring (bicyclic) bond motifs is 1. The number of nitrogens with zero attached hydrogens (tertiary/aromatic N) is 3. The summed E-state index contributed by atoms with van der Waals surface area (Å²) in [6.45, 7) is 2.18. The summed E-state index contributed by atoms with van der Waals surface area (Å²) < 4.78 is 12.3. The fourth-order valence-corrected chi connectivity index (χ4v) is 3.48. The zero-order valence-corrected chi connectivity index (χ0v) is 17.3. The van der Waals surface area contributed by atoms with Crippen LogP contribution in [-0.4, -0.2) is 27.8 Å². The van der Waals surface area contributed by atoms with Gasteiger partial charge in [0.25, 0.3) is 0 Å². The molecule has 4 rings (SSSR count). The molecule has 158 valence electrons. The average molecular weight is 418 g/mol. The number of aryl methyl sites for hydroxylation is 1. The summed E-state index contributed by atoms with van der Waals surface area (Å²) in [6, 6.07) is 10.9. The van der Waals surface area contributed by atoms with Gasteiger partial charge in [-0.2, -0.15) is 5.10 Å². The monoisotopic (exact) mass is 418 g/mol. The van der Waals surface area contributed by atoms with Crippen LogP contribution in [0.4, 0.5) is 0 Å². The summed E-state index contributed by atoms with van der Waals surface area (Å²) in [6.07, 6.45) is 5.61. The van der Waals surface area contributed by atoms with Crippen molar-refractivity contribution < 1.29 is 13.9 Å². The molecule has 0 spiro atoms. The van der Waals surface area contributed by atoms with Gasteiger partial charge in [-0.1, -0.05) is 6.07 Å². The van der Waals surface area contributed by atoms with E-state index in [0.29, 0.717) is 35.7 Å². The molecule has 31 heavy (non-hydrogen) atoms. The fourth-order valence-electron chi connectivity index (χ4n) is 3.48. The van der Waals surface area contributed by atoms with Crippen molar-refractivity contribution in [2.75, 3.05) is 7.11 Å². The van der Waals surface area contributed by atoms with Crippen LogP contribution in [0.3, 0.4) is 0 Å². The minimum Gasteiger partial charge on any atom is -0.497 e. The summed E-state index contributed by atoms with van der Waals surface area (Å²) >= 11 is 0. The number of carbonyl (C=O) groups excluding carboxylic acids is 1. The third kappa shape index (κ3) is 4.32. The van der Waals surface area contributed by atoms with Gasteiger partial charge >= 0.3 is 5.63 Å². The highest BCUT2D eigenvalue weighted by molar-refractivity contribution is 5.82. The van der Waals surface area contributed by atoms with Crippen LogP contribution < -0.4 is 15.7 Å². The second-order valence-corrected chi connectivity index (χ2v) is 7.07. The first kappa shape index (κ1) is 20.3. The lowest BCUT2D eigenvalue weighted by atomic mass is 10.0. The first-order chi connectivity index (χ1) is 15.1. The number of aromatic nitrogens is 3. The summed E-state index contributed by atoms with van der Waals surface area (Å²) in [5.74, 6) is 1.12. The molecular weight excluding hydrogens is 396 g/mol. The van der Waals surface area contributed by atoms with E-state index in [2.05, 4.69) is 15.4 Å². The lowest BCUT2D eigenvalue weighted by Crippen LogP contribution is -2.25. The van der Waals surface area contributed by atoms with E-state index in [1.807, 2.05) is 37.3 Å². The van der Waals surface area contributed by atoms with Crippen LogP contribution in [0.25, 0.3) is 16.8 Å². The van der Waals surface area contributed by atoms with Crippen molar-refractivity contribution in [3.63, 3.8) is 0 Å². The molecule has 0 aliphatic heterocycles. The maximum absolute atomic E-state index is 12.5. The smallest absolute Gasteiger partial charge is 0.339 e. The fraction of sp³-hybridized carbons (Fsp3) is 0.217. The van der Waals surface area contributed by atoms with Gasteiger partial charge in [-0.15, -0.1) is 0 Å². The molecule has 8 heteroatoms. The largest absolute Gasteiger partial charge is 0.497 e. The van der Waals surface area contributed by atoms with Gasteiger partial charge in [-0.3, -0.25) is 4.79 Å². The predicted octanol–water partition coefficient (Wildman–Crippen LogP) is 2.94. The molecule has 0 atom stereocenters. The zero-order valence-electron chi connectivity index (χ0n) is 17.3. The van der Waals surface area contributed by atoms with E-state index in [9.17, 15) is 9.59 Å². The van der Waals surface area contributed by atoms with Crippen molar-refractivity contribution in [2.45, 2.75) is 26.3 Å². The SMILES string of the molecule is COc1ccc2c(C)c(CCC(=O)NCc3cccnc3-n3cccn3)c(=O)oc2c1. The van der Waals surface area contributed by atoms with Gasteiger partial charge in [0.05, 0.1) is 7.11 Å². The molecule has 3 heterocycles. The Morgan fingerprint density at radius 2 is 2.10 bits per heavy atom. The van der Waals surface area contributed by atoms with Crippen LogP contribution in [-0.2, 0) is 17.8 Å². The highest BCUT2D eigenvalue weighted by Crippen LogP contribution is 2.24. The van der Waals surface area contributed by atoms with Crippen molar-refractivity contribution >= 4 is 16.9 Å². The third-order valence-electron chi connectivity index (χ3n) is 5.16. The van der Waals surface area contributed by atoms with Gasteiger partial charge < -0.3 is 14.5 Å². The predicted molar refractivity (Wildman–Crippen MR) is 115 cm³/mol. The number of carbonyl (C=O) groups is 1. The topological polar surface area (TPSA) is 99.2 Å². The number of methoxy groups -OCH3 is 1. The Kier molecular flexibility index (Phi) is 5.79. The van der Waals surface area contributed by atoms with E-state index in [4.69, 9.17) is 9.15 Å². The number of ether oxygens (including phenoxy) is 1. The molecule has 1 aromatic carbocycles. The summed E-state index contributed by atoms with van der Waals surface area (Å²) in [7, 11) is 1.56. The first-order valence-electron chi connectivity index (χ1n) is 9.87. The van der Waals surface area contributed by atoms with Crippen LogP contribution >= 0.6 is 0 Å². The van der Waals surface area contributed by atoms with Gasteiger partial charge in [0.15, 0.2) is 5.82 Å². The molecule has 1 amide bonds. The third-order valence-corrected chi connectivity index (χ3v) is 5.16. The minimum atomic E-state index is -0.431. The highest BCUT2D eigenvalue weighted by Gasteiger charge is 2.14. The van der Waals surface area contributed by atoms with E-state index >= 15 is 0 Å². The van der Waals surface area contributed by atoms with Crippen LogP contribution in [0.2, 0.25) is 0 Å². The van der Waals surface area contributed by atoms with Gasteiger partial charge in [-0.05, 0) is 43.2 Å². The second kappa shape index (κ2) is 8.83. The number of hydrogen-bond acceptors (Lipinski definition) is 6. The molecule has 0 saturated carbocycles. The van der Waals surface area contributed by atoms with Crippen LogP contribution in [0, 0.1) is 6.92 Å². The van der Waals surface area contributed by atoms with Gasteiger partial charge in [0.2, 0.25) is 5.91 Å². The molecule has 0 unspecified atom stereocenters. The lowest BCUT2D eigenvalue weighted by molar-refractivity contribution is -0.121. The highest BCUT2D eigenvalue weighted by atomic mass is 16.5. The maximum Gasteiger partial charge on any atom is 0.339 e. The molecule has 0 radical (unpaired) electrons. The van der Waals surface area contributed by atoms with Gasteiger partial charge in [0.1, 0.15) is 11.3 Å². The Morgan fingerprint density at radius 1 is 1.23 bits per heavy atom. The van der Waals surface area contributed by atoms with Crippen LogP contribution in [0.1, 0.15) is 23.1 Å². The number of benzene rings is 1. The summed E-state index contributed by atoms with van der Waals surface area (Å²) in [4.78, 5) is 29.3. The Balaban J connectivity index is 1.44. The average Bonchev–Trinajstić information content (AvgIpc) is 3.32. The maximum atomic E-state index is 12.5. The minimum absolute atomic E-state index is 0.163. The quantitative estimate of drug-likeness (QED) is 0.463. The number of nitrogens with one attached hydrogen (secondary N) is 1. The Bertz CT molecular complexity index is 1280. The van der Waals surface area contributed by atoms with E-state index in [1.165, 1.54) is 0 Å². The van der Waals surface area contributed by atoms with E-state index in [-0.39, 0.29) is 12.3 Å². The second-order valence-electron chi connectivity index (χ2n) is 7.07. The van der Waals surface area contributed by atoms with Crippen LogP contribution in [0.15, 0.2) is 64.2 Å². The molecule has 0 bridgehead atoms. The van der Waals surface area contributed by atoms with E-state index in [1.54, 1.807) is 36.4 Å². The van der Waals surface area contributed by atoms with E-state index < -0.39 is 5.63 Å². The van der Waals surface area contributed by atoms with Gasteiger partial charge in [0, 0.05) is 54.1 Å². The molecule has 3 aromatic heterocycles. The number of pyridine rings is 1. The molecule has 1 N–H and O–H groups in total. The van der Waals surface area contributed by atoms with Crippen molar-refractivity contribution in [3.8, 4) is 11.6 Å². The number of hydrogen-bond donors (Lipinski definition) is 1. The molecular formula is C23H22N4O4. The first-order valence-corrected chi connectivity index (χ1v) is 9.87. The summed E-state index contributed by atoms with van der Waals surface area (Å²) in [5.41, 5.74) is 2.20. The van der Waals surface area contributed by atoms with E-state index in [0.717, 1.165) is 16.5 Å². The molecule has 0 fully saturated rings. The Labute approximate surface area is 178 Å².